The molecule has 1 fully saturated rings. The Morgan fingerprint density at radius 1 is 1.33 bits per heavy atom. The van der Waals surface area contributed by atoms with E-state index in [9.17, 15) is 0 Å². The lowest BCUT2D eigenvalue weighted by atomic mass is 9.78. The van der Waals surface area contributed by atoms with Crippen molar-refractivity contribution < 1.29 is 0 Å². The fourth-order valence-corrected chi connectivity index (χ4v) is 3.81. The Morgan fingerprint density at radius 3 is 2.94 bits per heavy atom. The van der Waals surface area contributed by atoms with Gasteiger partial charge in [-0.2, -0.15) is 0 Å². The molecule has 0 aromatic heterocycles. The van der Waals surface area contributed by atoms with Crippen molar-refractivity contribution in [3.8, 4) is 0 Å². The zero-order chi connectivity index (χ0) is 12.8. The van der Waals surface area contributed by atoms with Gasteiger partial charge >= 0.3 is 0 Å². The Hall–Kier alpha value is -1.02. The average molecular weight is 243 g/mol. The molecule has 3 rings (SSSR count). The monoisotopic (exact) mass is 243 g/mol. The lowest BCUT2D eigenvalue weighted by Crippen LogP contribution is -2.54. The fourth-order valence-electron chi connectivity index (χ4n) is 3.81. The van der Waals surface area contributed by atoms with Crippen molar-refractivity contribution in [3.63, 3.8) is 0 Å². The molecule has 2 heteroatoms. The molecule has 2 aliphatic rings. The first-order chi connectivity index (χ1) is 8.58. The molecule has 2 nitrogen and oxygen atoms in total. The first-order valence-electron chi connectivity index (χ1n) is 7.02. The highest BCUT2D eigenvalue weighted by molar-refractivity contribution is 5.58. The summed E-state index contributed by atoms with van der Waals surface area (Å²) in [5, 5.41) is 0. The highest BCUT2D eigenvalue weighted by Crippen LogP contribution is 2.39. The van der Waals surface area contributed by atoms with E-state index in [-0.39, 0.29) is 0 Å². The first-order valence-corrected chi connectivity index (χ1v) is 7.02. The molecule has 1 unspecified atom stereocenters. The number of rotatable bonds is 1. The number of hydrogen-bond acceptors (Lipinski definition) is 2. The summed E-state index contributed by atoms with van der Waals surface area (Å²) in [5.74, 6) is 0. The van der Waals surface area contributed by atoms with Gasteiger partial charge in [-0.1, -0.05) is 26.0 Å². The van der Waals surface area contributed by atoms with Crippen molar-refractivity contribution in [2.24, 2.45) is 5.41 Å². The van der Waals surface area contributed by atoms with Gasteiger partial charge in [0.25, 0.3) is 0 Å². The van der Waals surface area contributed by atoms with E-state index < -0.39 is 0 Å². The highest BCUT2D eigenvalue weighted by Gasteiger charge is 2.40. The number of piperidine rings is 1. The average Bonchev–Trinajstić information content (AvgIpc) is 2.72. The standard InChI is InChI=1S/C16H23N2/c1-16(2)12-17(3)10-9-15(16)18-11-8-13-6-4-5-7-14(13)18/h4,6-7,15H,8-12H2,1-3H3. The topological polar surface area (TPSA) is 6.48 Å². The predicted molar refractivity (Wildman–Crippen MR) is 76.0 cm³/mol. The molecule has 1 saturated heterocycles. The molecular formula is C16H23N2. The largest absolute Gasteiger partial charge is 0.367 e. The summed E-state index contributed by atoms with van der Waals surface area (Å²) in [6.07, 6.45) is 2.48. The minimum atomic E-state index is 0.366. The van der Waals surface area contributed by atoms with Gasteiger partial charge in [-0.3, -0.25) is 0 Å². The van der Waals surface area contributed by atoms with Gasteiger partial charge in [0.1, 0.15) is 0 Å². The summed E-state index contributed by atoms with van der Waals surface area (Å²) in [5.41, 5.74) is 3.30. The third kappa shape index (κ3) is 1.93. The fraction of sp³-hybridized carbons (Fsp3) is 0.625. The van der Waals surface area contributed by atoms with Crippen molar-refractivity contribution >= 4 is 5.69 Å². The van der Waals surface area contributed by atoms with Gasteiger partial charge in [0, 0.05) is 24.8 Å². The molecule has 1 aromatic rings. The van der Waals surface area contributed by atoms with Crippen molar-refractivity contribution in [1.29, 1.82) is 0 Å². The summed E-state index contributed by atoms with van der Waals surface area (Å²) in [6, 6.07) is 10.4. The quantitative estimate of drug-likeness (QED) is 0.748. The number of hydrogen-bond donors (Lipinski definition) is 0. The lowest BCUT2D eigenvalue weighted by molar-refractivity contribution is 0.113. The molecule has 1 radical (unpaired) electrons. The second kappa shape index (κ2) is 4.27. The summed E-state index contributed by atoms with van der Waals surface area (Å²) in [4.78, 5) is 5.10. The van der Waals surface area contributed by atoms with E-state index in [0.29, 0.717) is 11.5 Å². The van der Waals surface area contributed by atoms with Crippen LogP contribution in [0.15, 0.2) is 18.2 Å². The van der Waals surface area contributed by atoms with Gasteiger partial charge < -0.3 is 9.80 Å². The lowest BCUT2D eigenvalue weighted by Gasteiger charge is -2.48. The predicted octanol–water partition coefficient (Wildman–Crippen LogP) is 2.58. The number of anilines is 1. The Balaban J connectivity index is 1.88. The second-order valence-corrected chi connectivity index (χ2v) is 6.53. The molecule has 0 aliphatic carbocycles. The Labute approximate surface area is 111 Å². The molecule has 1 atom stereocenters. The molecule has 0 saturated carbocycles. The maximum atomic E-state index is 3.25. The molecule has 18 heavy (non-hydrogen) atoms. The molecule has 1 aromatic carbocycles. The van der Waals surface area contributed by atoms with Crippen LogP contribution in [0, 0.1) is 11.5 Å². The zero-order valence-electron chi connectivity index (χ0n) is 11.7. The molecule has 0 spiro atoms. The van der Waals surface area contributed by atoms with E-state index in [1.165, 1.54) is 43.7 Å². The van der Waals surface area contributed by atoms with Gasteiger partial charge in [0.15, 0.2) is 0 Å². The van der Waals surface area contributed by atoms with Crippen LogP contribution in [0.3, 0.4) is 0 Å². The van der Waals surface area contributed by atoms with Crippen LogP contribution >= 0.6 is 0 Å². The van der Waals surface area contributed by atoms with Crippen molar-refractivity contribution in [3.05, 3.63) is 29.8 Å². The van der Waals surface area contributed by atoms with E-state index >= 15 is 0 Å². The maximum absolute atomic E-state index is 3.25. The third-order valence-corrected chi connectivity index (χ3v) is 4.60. The molecular weight excluding hydrogens is 220 g/mol. The van der Waals surface area contributed by atoms with Gasteiger partial charge in [0.2, 0.25) is 0 Å². The maximum Gasteiger partial charge on any atom is 0.0408 e. The van der Waals surface area contributed by atoms with E-state index in [1.807, 2.05) is 6.07 Å². The van der Waals surface area contributed by atoms with Crippen LogP contribution in [0.5, 0.6) is 0 Å². The van der Waals surface area contributed by atoms with Crippen LogP contribution in [0.1, 0.15) is 25.8 Å². The van der Waals surface area contributed by atoms with Crippen LogP contribution in [0.25, 0.3) is 0 Å². The third-order valence-electron chi connectivity index (χ3n) is 4.60. The van der Waals surface area contributed by atoms with Crippen LogP contribution in [0.4, 0.5) is 5.69 Å². The van der Waals surface area contributed by atoms with Gasteiger partial charge in [-0.05, 0) is 49.5 Å². The van der Waals surface area contributed by atoms with E-state index in [2.05, 4.69) is 48.9 Å². The smallest absolute Gasteiger partial charge is 0.0408 e. The Bertz CT molecular complexity index is 438. The molecule has 2 aliphatic heterocycles. The summed E-state index contributed by atoms with van der Waals surface area (Å²) in [7, 11) is 2.24. The summed E-state index contributed by atoms with van der Waals surface area (Å²) in [6.45, 7) is 8.43. The second-order valence-electron chi connectivity index (χ2n) is 6.53. The molecule has 2 heterocycles. The van der Waals surface area contributed by atoms with E-state index in [0.717, 1.165) is 0 Å². The molecule has 0 bridgehead atoms. The number of likely N-dealkylation sites (tertiary alicyclic amines) is 1. The Morgan fingerprint density at radius 2 is 2.17 bits per heavy atom. The number of fused-ring (bicyclic) bond motifs is 1. The van der Waals surface area contributed by atoms with Crippen LogP contribution in [0.2, 0.25) is 0 Å². The normalized spacial score (nSPS) is 27.3. The summed E-state index contributed by atoms with van der Waals surface area (Å²) < 4.78 is 0. The van der Waals surface area contributed by atoms with Crippen molar-refractivity contribution in [1.82, 2.24) is 4.90 Å². The van der Waals surface area contributed by atoms with Gasteiger partial charge in [-0.25, -0.2) is 0 Å². The zero-order valence-corrected chi connectivity index (χ0v) is 11.7. The van der Waals surface area contributed by atoms with Gasteiger partial charge in [0.05, 0.1) is 0 Å². The number of benzene rings is 1. The van der Waals surface area contributed by atoms with E-state index in [1.54, 1.807) is 0 Å². The number of nitrogens with zero attached hydrogens (tertiary/aromatic N) is 2. The van der Waals surface area contributed by atoms with Crippen molar-refractivity contribution in [2.45, 2.75) is 32.7 Å². The molecule has 0 N–H and O–H groups in total. The van der Waals surface area contributed by atoms with Crippen LogP contribution in [-0.2, 0) is 6.42 Å². The highest BCUT2D eigenvalue weighted by atomic mass is 15.2. The molecule has 0 amide bonds. The summed E-state index contributed by atoms with van der Waals surface area (Å²) >= 11 is 0. The minimum Gasteiger partial charge on any atom is -0.367 e. The van der Waals surface area contributed by atoms with Crippen molar-refractivity contribution in [2.75, 3.05) is 31.6 Å². The molecule has 97 valence electrons. The van der Waals surface area contributed by atoms with Gasteiger partial charge in [-0.15, -0.1) is 0 Å². The SMILES string of the molecule is CN1CCC(N2CCc3cc[c]cc32)C(C)(C)C1. The minimum absolute atomic E-state index is 0.366. The first kappa shape index (κ1) is 12.0. The van der Waals surface area contributed by atoms with Crippen LogP contribution < -0.4 is 4.90 Å². The van der Waals surface area contributed by atoms with E-state index in [4.69, 9.17) is 0 Å². The van der Waals surface area contributed by atoms with Crippen LogP contribution in [-0.4, -0.2) is 37.6 Å². The Kier molecular flexibility index (Phi) is 2.86.